The molecular formula is C11H12N4O2S. The van der Waals surface area contributed by atoms with Crippen LogP contribution in [0.25, 0.3) is 10.6 Å². The third-order valence-corrected chi connectivity index (χ3v) is 2.99. The number of amides is 1. The first-order valence-corrected chi connectivity index (χ1v) is 6.03. The Morgan fingerprint density at radius 2 is 2.11 bits per heavy atom. The highest BCUT2D eigenvalue weighted by Gasteiger charge is 2.05. The number of ether oxygens (including phenoxy) is 1. The molecule has 1 aromatic carbocycles. The second-order valence-electron chi connectivity index (χ2n) is 3.43. The SMILES string of the molecule is CNC(=O)COc1ccc(-c2nnc(N)s2)cc1. The fraction of sp³-hybridized carbons (Fsp3) is 0.182. The number of aromatic nitrogens is 2. The maximum absolute atomic E-state index is 11.0. The van der Waals surface area contributed by atoms with Crippen molar-refractivity contribution in [2.75, 3.05) is 19.4 Å². The molecule has 3 N–H and O–H groups in total. The van der Waals surface area contributed by atoms with E-state index >= 15 is 0 Å². The summed E-state index contributed by atoms with van der Waals surface area (Å²) in [6.07, 6.45) is 0. The average Bonchev–Trinajstić information content (AvgIpc) is 2.83. The first-order chi connectivity index (χ1) is 8.69. The van der Waals surface area contributed by atoms with Crippen molar-refractivity contribution in [3.05, 3.63) is 24.3 Å². The van der Waals surface area contributed by atoms with Gasteiger partial charge in [-0.25, -0.2) is 0 Å². The quantitative estimate of drug-likeness (QED) is 0.856. The van der Waals surface area contributed by atoms with Crippen LogP contribution in [0.2, 0.25) is 0 Å². The van der Waals surface area contributed by atoms with Crippen LogP contribution < -0.4 is 15.8 Å². The smallest absolute Gasteiger partial charge is 0.257 e. The number of nitrogens with one attached hydrogen (secondary N) is 1. The number of likely N-dealkylation sites (N-methyl/N-ethyl adjacent to an activating group) is 1. The number of carbonyl (C=O) groups excluding carboxylic acids is 1. The molecule has 6 nitrogen and oxygen atoms in total. The molecule has 18 heavy (non-hydrogen) atoms. The number of anilines is 1. The van der Waals surface area contributed by atoms with Crippen molar-refractivity contribution < 1.29 is 9.53 Å². The Kier molecular flexibility index (Phi) is 3.73. The molecule has 0 aliphatic rings. The number of carbonyl (C=O) groups is 1. The average molecular weight is 264 g/mol. The van der Waals surface area contributed by atoms with E-state index in [0.717, 1.165) is 10.6 Å². The number of rotatable bonds is 4. The van der Waals surface area contributed by atoms with Gasteiger partial charge in [-0.1, -0.05) is 11.3 Å². The van der Waals surface area contributed by atoms with Crippen molar-refractivity contribution >= 4 is 22.4 Å². The molecule has 2 aromatic rings. The molecule has 1 amide bonds. The molecule has 0 spiro atoms. The predicted molar refractivity (Wildman–Crippen MR) is 69.3 cm³/mol. The molecule has 0 saturated carbocycles. The topological polar surface area (TPSA) is 90.1 Å². The molecule has 0 aliphatic carbocycles. The van der Waals surface area contributed by atoms with Crippen LogP contribution >= 0.6 is 11.3 Å². The highest BCUT2D eigenvalue weighted by atomic mass is 32.1. The molecule has 0 unspecified atom stereocenters. The van der Waals surface area contributed by atoms with Gasteiger partial charge < -0.3 is 15.8 Å². The number of nitrogen functional groups attached to an aromatic ring is 1. The van der Waals surface area contributed by atoms with E-state index in [0.29, 0.717) is 10.9 Å². The zero-order valence-corrected chi connectivity index (χ0v) is 10.5. The number of nitrogens with two attached hydrogens (primary N) is 1. The van der Waals surface area contributed by atoms with Crippen LogP contribution in [-0.4, -0.2) is 29.8 Å². The minimum atomic E-state index is -0.170. The second-order valence-corrected chi connectivity index (χ2v) is 4.44. The molecule has 1 aromatic heterocycles. The van der Waals surface area contributed by atoms with Crippen LogP contribution in [0.15, 0.2) is 24.3 Å². The van der Waals surface area contributed by atoms with E-state index in [1.165, 1.54) is 11.3 Å². The lowest BCUT2D eigenvalue weighted by molar-refractivity contribution is -0.122. The van der Waals surface area contributed by atoms with Gasteiger partial charge in [0, 0.05) is 12.6 Å². The van der Waals surface area contributed by atoms with E-state index in [1.54, 1.807) is 19.2 Å². The van der Waals surface area contributed by atoms with Gasteiger partial charge in [-0.3, -0.25) is 4.79 Å². The monoisotopic (exact) mass is 264 g/mol. The lowest BCUT2D eigenvalue weighted by Crippen LogP contribution is -2.24. The maximum Gasteiger partial charge on any atom is 0.257 e. The number of benzene rings is 1. The van der Waals surface area contributed by atoms with Crippen molar-refractivity contribution in [2.24, 2.45) is 0 Å². The van der Waals surface area contributed by atoms with Crippen LogP contribution in [0.5, 0.6) is 5.75 Å². The van der Waals surface area contributed by atoms with Gasteiger partial charge in [-0.2, -0.15) is 0 Å². The van der Waals surface area contributed by atoms with Gasteiger partial charge >= 0.3 is 0 Å². The Morgan fingerprint density at radius 3 is 2.67 bits per heavy atom. The normalized spacial score (nSPS) is 10.1. The van der Waals surface area contributed by atoms with E-state index in [-0.39, 0.29) is 12.5 Å². The molecule has 1 heterocycles. The Hall–Kier alpha value is -2.15. The van der Waals surface area contributed by atoms with Crippen molar-refractivity contribution in [1.82, 2.24) is 15.5 Å². The largest absolute Gasteiger partial charge is 0.484 e. The van der Waals surface area contributed by atoms with Gasteiger partial charge in [0.05, 0.1) is 0 Å². The zero-order chi connectivity index (χ0) is 13.0. The summed E-state index contributed by atoms with van der Waals surface area (Å²) in [6, 6.07) is 7.24. The predicted octanol–water partition coefficient (Wildman–Crippen LogP) is 0.912. The molecule has 94 valence electrons. The summed E-state index contributed by atoms with van der Waals surface area (Å²) < 4.78 is 5.29. The summed E-state index contributed by atoms with van der Waals surface area (Å²) in [5.74, 6) is 0.454. The fourth-order valence-electron chi connectivity index (χ4n) is 1.27. The molecule has 0 atom stereocenters. The summed E-state index contributed by atoms with van der Waals surface area (Å²) in [5.41, 5.74) is 6.43. The summed E-state index contributed by atoms with van der Waals surface area (Å²) in [6.45, 7) is 0.00159. The Balaban J connectivity index is 2.03. The van der Waals surface area contributed by atoms with Crippen molar-refractivity contribution in [1.29, 1.82) is 0 Å². The molecule has 0 radical (unpaired) electrons. The van der Waals surface area contributed by atoms with Crippen LogP contribution in [0.4, 0.5) is 5.13 Å². The van der Waals surface area contributed by atoms with E-state index in [4.69, 9.17) is 10.5 Å². The molecule has 7 heteroatoms. The summed E-state index contributed by atoms with van der Waals surface area (Å²) in [4.78, 5) is 11.0. The summed E-state index contributed by atoms with van der Waals surface area (Å²) in [7, 11) is 1.56. The molecular weight excluding hydrogens is 252 g/mol. The Bertz CT molecular complexity index is 538. The van der Waals surface area contributed by atoms with Crippen molar-refractivity contribution in [3.63, 3.8) is 0 Å². The van der Waals surface area contributed by atoms with E-state index in [9.17, 15) is 4.79 Å². The van der Waals surface area contributed by atoms with Crippen molar-refractivity contribution in [3.8, 4) is 16.3 Å². The van der Waals surface area contributed by atoms with Crippen LogP contribution in [0.3, 0.4) is 0 Å². The summed E-state index contributed by atoms with van der Waals surface area (Å²) >= 11 is 1.32. The lowest BCUT2D eigenvalue weighted by atomic mass is 10.2. The lowest BCUT2D eigenvalue weighted by Gasteiger charge is -2.05. The van der Waals surface area contributed by atoms with Gasteiger partial charge in [0.2, 0.25) is 5.13 Å². The molecule has 0 aliphatic heterocycles. The molecule has 0 bridgehead atoms. The summed E-state index contributed by atoms with van der Waals surface area (Å²) in [5, 5.41) is 11.4. The number of hydrogen-bond acceptors (Lipinski definition) is 6. The standard InChI is InChI=1S/C11H12N4O2S/c1-13-9(16)6-17-8-4-2-7(3-5-8)10-14-15-11(12)18-10/h2-5H,6H2,1H3,(H2,12,15)(H,13,16). The number of hydrogen-bond donors (Lipinski definition) is 2. The molecule has 0 saturated heterocycles. The van der Waals surface area contributed by atoms with Crippen LogP contribution in [0.1, 0.15) is 0 Å². The van der Waals surface area contributed by atoms with Gasteiger partial charge in [0.25, 0.3) is 5.91 Å². The first-order valence-electron chi connectivity index (χ1n) is 5.22. The minimum Gasteiger partial charge on any atom is -0.484 e. The van der Waals surface area contributed by atoms with E-state index in [2.05, 4.69) is 15.5 Å². The van der Waals surface area contributed by atoms with Crippen LogP contribution in [0, 0.1) is 0 Å². The third kappa shape index (κ3) is 2.95. The second kappa shape index (κ2) is 5.46. The highest BCUT2D eigenvalue weighted by molar-refractivity contribution is 7.18. The van der Waals surface area contributed by atoms with Crippen molar-refractivity contribution in [2.45, 2.75) is 0 Å². The fourth-order valence-corrected chi connectivity index (χ4v) is 1.88. The maximum atomic E-state index is 11.0. The van der Waals surface area contributed by atoms with E-state index < -0.39 is 0 Å². The zero-order valence-electron chi connectivity index (χ0n) is 9.71. The Morgan fingerprint density at radius 1 is 1.39 bits per heavy atom. The van der Waals surface area contributed by atoms with Gasteiger partial charge in [0.1, 0.15) is 10.8 Å². The third-order valence-electron chi connectivity index (χ3n) is 2.19. The Labute approximate surface area is 108 Å². The van der Waals surface area contributed by atoms with Gasteiger partial charge in [-0.05, 0) is 24.3 Å². The minimum absolute atomic E-state index is 0.00159. The highest BCUT2D eigenvalue weighted by Crippen LogP contribution is 2.26. The first kappa shape index (κ1) is 12.3. The number of nitrogens with zero attached hydrogens (tertiary/aromatic N) is 2. The molecule has 0 fully saturated rings. The van der Waals surface area contributed by atoms with Gasteiger partial charge in [0.15, 0.2) is 6.61 Å². The van der Waals surface area contributed by atoms with E-state index in [1.807, 2.05) is 12.1 Å². The molecule has 2 rings (SSSR count). The van der Waals surface area contributed by atoms with Crippen LogP contribution in [-0.2, 0) is 4.79 Å². The van der Waals surface area contributed by atoms with Gasteiger partial charge in [-0.15, -0.1) is 10.2 Å².